The summed E-state index contributed by atoms with van der Waals surface area (Å²) in [5.74, 6) is -0.0804. The molecule has 0 aromatic carbocycles. The van der Waals surface area contributed by atoms with Crippen molar-refractivity contribution in [2.45, 2.75) is 26.9 Å². The van der Waals surface area contributed by atoms with Gasteiger partial charge in [-0.15, -0.1) is 11.3 Å². The number of carbonyl (C=O) groups excluding carboxylic acids is 1. The number of hydrogen-bond donors (Lipinski definition) is 2. The van der Waals surface area contributed by atoms with Crippen molar-refractivity contribution in [3.63, 3.8) is 0 Å². The number of aliphatic hydroxyl groups excluding tert-OH is 1. The van der Waals surface area contributed by atoms with E-state index in [1.807, 2.05) is 44.4 Å². The van der Waals surface area contributed by atoms with Crippen LogP contribution < -0.4 is 5.32 Å². The van der Waals surface area contributed by atoms with Crippen LogP contribution in [0.1, 0.15) is 29.9 Å². The lowest BCUT2D eigenvalue weighted by Crippen LogP contribution is -2.35. The molecule has 0 fully saturated rings. The third kappa shape index (κ3) is 3.89. The quantitative estimate of drug-likeness (QED) is 0.893. The van der Waals surface area contributed by atoms with Crippen molar-refractivity contribution in [2.24, 2.45) is 5.92 Å². The van der Waals surface area contributed by atoms with Crippen LogP contribution in [0.4, 0.5) is 0 Å². The Morgan fingerprint density at radius 2 is 2.14 bits per heavy atom. The first-order valence-corrected chi connectivity index (χ1v) is 7.84. The molecule has 0 radical (unpaired) electrons. The van der Waals surface area contributed by atoms with Gasteiger partial charge in [0.15, 0.2) is 0 Å². The monoisotopic (exact) mass is 304 g/mol. The highest BCUT2D eigenvalue weighted by atomic mass is 32.1. The lowest BCUT2D eigenvalue weighted by atomic mass is 10.1. The van der Waals surface area contributed by atoms with Crippen molar-refractivity contribution >= 4 is 17.2 Å². The standard InChI is InChI=1S/C16H20N2O2S/c1-10(2)14(19)9-17-16(20)12-6-7-13(18-11(12)3)15-5-4-8-21-15/h4-8,10,14,19H,9H2,1-3H3,(H,17,20). The lowest BCUT2D eigenvalue weighted by molar-refractivity contribution is 0.0870. The van der Waals surface area contributed by atoms with Gasteiger partial charge in [-0.1, -0.05) is 19.9 Å². The first-order valence-electron chi connectivity index (χ1n) is 6.97. The molecule has 0 spiro atoms. The van der Waals surface area contributed by atoms with Crippen LogP contribution in [0.15, 0.2) is 29.6 Å². The molecular formula is C16H20N2O2S. The zero-order chi connectivity index (χ0) is 15.4. The number of carbonyl (C=O) groups is 1. The molecule has 2 aromatic heterocycles. The van der Waals surface area contributed by atoms with Gasteiger partial charge >= 0.3 is 0 Å². The highest BCUT2D eigenvalue weighted by Gasteiger charge is 2.14. The molecule has 5 heteroatoms. The van der Waals surface area contributed by atoms with Gasteiger partial charge < -0.3 is 10.4 Å². The summed E-state index contributed by atoms with van der Waals surface area (Å²) < 4.78 is 0. The van der Waals surface area contributed by atoms with Crippen LogP contribution in [0.3, 0.4) is 0 Å². The average Bonchev–Trinajstić information content (AvgIpc) is 2.98. The minimum Gasteiger partial charge on any atom is -0.391 e. The molecule has 0 aliphatic rings. The Hall–Kier alpha value is -1.72. The maximum atomic E-state index is 12.1. The number of thiophene rings is 1. The number of aliphatic hydroxyl groups is 1. The molecule has 0 bridgehead atoms. The lowest BCUT2D eigenvalue weighted by Gasteiger charge is -2.15. The molecule has 0 aliphatic heterocycles. The van der Waals surface area contributed by atoms with E-state index in [-0.39, 0.29) is 18.4 Å². The normalized spacial score (nSPS) is 12.4. The van der Waals surface area contributed by atoms with Crippen LogP contribution in [0.2, 0.25) is 0 Å². The van der Waals surface area contributed by atoms with Crippen molar-refractivity contribution in [3.8, 4) is 10.6 Å². The van der Waals surface area contributed by atoms with Crippen LogP contribution >= 0.6 is 11.3 Å². The first-order chi connectivity index (χ1) is 9.99. The number of pyridine rings is 1. The Bertz CT molecular complexity index is 609. The number of nitrogens with zero attached hydrogens (tertiary/aromatic N) is 1. The van der Waals surface area contributed by atoms with E-state index in [9.17, 15) is 9.90 Å². The molecule has 1 atom stereocenters. The number of aromatic nitrogens is 1. The number of hydrogen-bond acceptors (Lipinski definition) is 4. The number of aryl methyl sites for hydroxylation is 1. The molecular weight excluding hydrogens is 284 g/mol. The van der Waals surface area contributed by atoms with E-state index in [1.165, 1.54) is 0 Å². The Morgan fingerprint density at radius 1 is 1.38 bits per heavy atom. The van der Waals surface area contributed by atoms with Gasteiger partial charge in [0.2, 0.25) is 0 Å². The van der Waals surface area contributed by atoms with Gasteiger partial charge in [0.1, 0.15) is 0 Å². The highest BCUT2D eigenvalue weighted by molar-refractivity contribution is 7.13. The van der Waals surface area contributed by atoms with E-state index in [1.54, 1.807) is 17.4 Å². The van der Waals surface area contributed by atoms with Gasteiger partial charge in [0.25, 0.3) is 5.91 Å². The van der Waals surface area contributed by atoms with Crippen LogP contribution in [-0.2, 0) is 0 Å². The minimum atomic E-state index is -0.535. The topological polar surface area (TPSA) is 62.2 Å². The molecule has 0 saturated carbocycles. The minimum absolute atomic E-state index is 0.116. The number of nitrogens with one attached hydrogen (secondary N) is 1. The van der Waals surface area contributed by atoms with Crippen molar-refractivity contribution in [1.82, 2.24) is 10.3 Å². The molecule has 0 saturated heterocycles. The predicted molar refractivity (Wildman–Crippen MR) is 85.5 cm³/mol. The van der Waals surface area contributed by atoms with Gasteiger partial charge in [0, 0.05) is 6.54 Å². The van der Waals surface area contributed by atoms with Crippen molar-refractivity contribution in [3.05, 3.63) is 40.9 Å². The van der Waals surface area contributed by atoms with Crippen LogP contribution in [0.25, 0.3) is 10.6 Å². The second kappa shape index (κ2) is 6.83. The summed E-state index contributed by atoms with van der Waals surface area (Å²) in [5.41, 5.74) is 2.12. The Kier molecular flexibility index (Phi) is 5.09. The van der Waals surface area contributed by atoms with E-state index in [0.717, 1.165) is 10.6 Å². The summed E-state index contributed by atoms with van der Waals surface area (Å²) in [6.45, 7) is 5.91. The zero-order valence-corrected chi connectivity index (χ0v) is 13.3. The molecule has 2 aromatic rings. The van der Waals surface area contributed by atoms with Crippen molar-refractivity contribution in [1.29, 1.82) is 0 Å². The third-order valence-electron chi connectivity index (χ3n) is 3.35. The largest absolute Gasteiger partial charge is 0.391 e. The Morgan fingerprint density at radius 3 is 2.71 bits per heavy atom. The van der Waals surface area contributed by atoms with E-state index in [2.05, 4.69) is 10.3 Å². The van der Waals surface area contributed by atoms with Gasteiger partial charge in [-0.25, -0.2) is 0 Å². The van der Waals surface area contributed by atoms with E-state index in [0.29, 0.717) is 11.3 Å². The summed E-state index contributed by atoms with van der Waals surface area (Å²) in [4.78, 5) is 17.7. The molecule has 4 nitrogen and oxygen atoms in total. The maximum Gasteiger partial charge on any atom is 0.253 e. The van der Waals surface area contributed by atoms with Gasteiger partial charge in [-0.3, -0.25) is 9.78 Å². The van der Waals surface area contributed by atoms with E-state index < -0.39 is 6.10 Å². The summed E-state index contributed by atoms with van der Waals surface area (Å²) in [6, 6.07) is 7.62. The van der Waals surface area contributed by atoms with Crippen LogP contribution in [0.5, 0.6) is 0 Å². The second-order valence-corrected chi connectivity index (χ2v) is 6.28. The van der Waals surface area contributed by atoms with Gasteiger partial charge in [-0.05, 0) is 36.4 Å². The molecule has 1 unspecified atom stereocenters. The predicted octanol–water partition coefficient (Wildman–Crippen LogP) is 2.87. The summed E-state index contributed by atoms with van der Waals surface area (Å²) in [7, 11) is 0. The third-order valence-corrected chi connectivity index (χ3v) is 4.24. The molecule has 2 N–H and O–H groups in total. The number of rotatable bonds is 5. The average molecular weight is 304 g/mol. The second-order valence-electron chi connectivity index (χ2n) is 5.33. The summed E-state index contributed by atoms with van der Waals surface area (Å²) in [5, 5.41) is 14.5. The summed E-state index contributed by atoms with van der Waals surface area (Å²) >= 11 is 1.62. The first kappa shape index (κ1) is 15.7. The highest BCUT2D eigenvalue weighted by Crippen LogP contribution is 2.23. The van der Waals surface area contributed by atoms with Crippen molar-refractivity contribution in [2.75, 3.05) is 6.54 Å². The van der Waals surface area contributed by atoms with E-state index in [4.69, 9.17) is 0 Å². The fraction of sp³-hybridized carbons (Fsp3) is 0.375. The molecule has 2 rings (SSSR count). The van der Waals surface area contributed by atoms with Crippen LogP contribution in [-0.4, -0.2) is 28.6 Å². The smallest absolute Gasteiger partial charge is 0.253 e. The Balaban J connectivity index is 2.08. The molecule has 1 amide bonds. The fourth-order valence-corrected chi connectivity index (χ4v) is 2.59. The van der Waals surface area contributed by atoms with Crippen molar-refractivity contribution < 1.29 is 9.90 Å². The maximum absolute atomic E-state index is 12.1. The van der Waals surface area contributed by atoms with Gasteiger partial charge in [-0.2, -0.15) is 0 Å². The fourth-order valence-electron chi connectivity index (χ4n) is 1.89. The van der Waals surface area contributed by atoms with E-state index >= 15 is 0 Å². The summed E-state index contributed by atoms with van der Waals surface area (Å²) in [6.07, 6.45) is -0.535. The molecule has 112 valence electrons. The molecule has 2 heterocycles. The van der Waals surface area contributed by atoms with Gasteiger partial charge in [0.05, 0.1) is 27.9 Å². The number of amides is 1. The van der Waals surface area contributed by atoms with Crippen LogP contribution in [0, 0.1) is 12.8 Å². The SMILES string of the molecule is Cc1nc(-c2cccs2)ccc1C(=O)NCC(O)C(C)C. The zero-order valence-electron chi connectivity index (χ0n) is 12.5. The Labute approximate surface area is 128 Å². The molecule has 21 heavy (non-hydrogen) atoms. The molecule has 0 aliphatic carbocycles.